The first-order valence-corrected chi connectivity index (χ1v) is 9.95. The van der Waals surface area contributed by atoms with Crippen LogP contribution in [0.4, 0.5) is 0 Å². The van der Waals surface area contributed by atoms with E-state index in [2.05, 4.69) is 4.98 Å². The van der Waals surface area contributed by atoms with Crippen LogP contribution in [0.25, 0.3) is 22.4 Å². The molecule has 1 aromatic carbocycles. The van der Waals surface area contributed by atoms with Gasteiger partial charge >= 0.3 is 5.97 Å². The molecule has 0 spiro atoms. The van der Waals surface area contributed by atoms with Crippen molar-refractivity contribution in [2.24, 2.45) is 0 Å². The van der Waals surface area contributed by atoms with E-state index in [4.69, 9.17) is 4.42 Å². The highest BCUT2D eigenvalue weighted by Gasteiger charge is 2.29. The number of benzene rings is 1. The Morgan fingerprint density at radius 1 is 1.24 bits per heavy atom. The summed E-state index contributed by atoms with van der Waals surface area (Å²) in [5, 5.41) is 10.5. The van der Waals surface area contributed by atoms with Crippen LogP contribution in [-0.2, 0) is 11.3 Å². The molecule has 29 heavy (non-hydrogen) atoms. The van der Waals surface area contributed by atoms with E-state index in [-0.39, 0.29) is 18.0 Å². The summed E-state index contributed by atoms with van der Waals surface area (Å²) in [6.07, 6.45) is 8.75. The van der Waals surface area contributed by atoms with Gasteiger partial charge in [-0.05, 0) is 36.5 Å². The first kappa shape index (κ1) is 19.2. The van der Waals surface area contributed by atoms with E-state index in [9.17, 15) is 14.7 Å². The molecule has 0 saturated heterocycles. The van der Waals surface area contributed by atoms with Crippen molar-refractivity contribution in [2.75, 3.05) is 14.1 Å². The third-order valence-corrected chi connectivity index (χ3v) is 5.82. The Bertz CT molecular complexity index is 1040. The predicted molar refractivity (Wildman–Crippen MR) is 109 cm³/mol. The maximum atomic E-state index is 12.6. The molecule has 1 amide bonds. The van der Waals surface area contributed by atoms with Gasteiger partial charge in [0.15, 0.2) is 12.2 Å². The smallest absolute Gasteiger partial charge is 0.335 e. The maximum Gasteiger partial charge on any atom is 0.335 e. The van der Waals surface area contributed by atoms with Crippen LogP contribution in [0.15, 0.2) is 35.2 Å². The van der Waals surface area contributed by atoms with Crippen LogP contribution in [0.3, 0.4) is 0 Å². The zero-order valence-corrected chi connectivity index (χ0v) is 16.7. The number of nitrogens with zero attached hydrogens (tertiary/aromatic N) is 3. The average molecular weight is 395 g/mol. The van der Waals surface area contributed by atoms with Crippen molar-refractivity contribution in [1.29, 1.82) is 0 Å². The number of likely N-dealkylation sites (N-methyl/N-ethyl adjacent to an activating group) is 1. The van der Waals surface area contributed by atoms with Gasteiger partial charge in [-0.3, -0.25) is 4.79 Å². The second-order valence-corrected chi connectivity index (χ2v) is 7.87. The molecule has 7 heteroatoms. The minimum atomic E-state index is -0.987. The zero-order valence-electron chi connectivity index (χ0n) is 16.7. The van der Waals surface area contributed by atoms with E-state index in [1.165, 1.54) is 17.7 Å². The zero-order chi connectivity index (χ0) is 20.5. The van der Waals surface area contributed by atoms with E-state index in [0.717, 1.165) is 47.8 Å². The summed E-state index contributed by atoms with van der Waals surface area (Å²) in [6.45, 7) is 0.106. The maximum absolute atomic E-state index is 12.6. The first-order chi connectivity index (χ1) is 14.0. The normalized spacial score (nSPS) is 15.0. The summed E-state index contributed by atoms with van der Waals surface area (Å²) in [7, 11) is 3.43. The minimum Gasteiger partial charge on any atom is -0.478 e. The number of carboxylic acids is 1. The highest BCUT2D eigenvalue weighted by atomic mass is 16.4. The van der Waals surface area contributed by atoms with Gasteiger partial charge in [-0.15, -0.1) is 0 Å². The standard InChI is InChI=1S/C22H25N3O4/c1-24(2)19(26)12-25-17-10-15(22(27)28)8-9-16(17)20(14-6-4-3-5-7-14)21(25)18-11-23-13-29-18/h8-11,13-14H,3-7,12H2,1-2H3,(H,27,28). The second-order valence-electron chi connectivity index (χ2n) is 7.87. The fourth-order valence-electron chi connectivity index (χ4n) is 4.35. The Kier molecular flexibility index (Phi) is 5.13. The van der Waals surface area contributed by atoms with Crippen molar-refractivity contribution in [1.82, 2.24) is 14.5 Å². The lowest BCUT2D eigenvalue weighted by Gasteiger charge is -2.23. The van der Waals surface area contributed by atoms with Crippen molar-refractivity contribution in [2.45, 2.75) is 44.6 Å². The highest BCUT2D eigenvalue weighted by molar-refractivity contribution is 5.98. The summed E-state index contributed by atoms with van der Waals surface area (Å²) in [5.41, 5.74) is 2.92. The predicted octanol–water partition coefficient (Wildman–Crippen LogP) is 4.13. The molecular weight excluding hydrogens is 370 g/mol. The fraction of sp³-hybridized carbons (Fsp3) is 0.409. The van der Waals surface area contributed by atoms with Gasteiger partial charge in [0.25, 0.3) is 0 Å². The van der Waals surface area contributed by atoms with Crippen molar-refractivity contribution in [3.05, 3.63) is 41.9 Å². The molecule has 0 atom stereocenters. The van der Waals surface area contributed by atoms with E-state index >= 15 is 0 Å². The quantitative estimate of drug-likeness (QED) is 0.702. The molecule has 1 fully saturated rings. The summed E-state index contributed by atoms with van der Waals surface area (Å²) < 4.78 is 7.57. The van der Waals surface area contributed by atoms with Gasteiger partial charge in [-0.1, -0.05) is 25.3 Å². The molecular formula is C22H25N3O4. The Labute approximate surface area is 168 Å². The fourth-order valence-corrected chi connectivity index (χ4v) is 4.35. The van der Waals surface area contributed by atoms with Gasteiger partial charge in [0, 0.05) is 19.5 Å². The molecule has 0 aliphatic heterocycles. The van der Waals surface area contributed by atoms with Crippen molar-refractivity contribution >= 4 is 22.8 Å². The van der Waals surface area contributed by atoms with Crippen LogP contribution < -0.4 is 0 Å². The van der Waals surface area contributed by atoms with Crippen LogP contribution in [0.5, 0.6) is 0 Å². The largest absolute Gasteiger partial charge is 0.478 e. The number of aromatic carboxylic acids is 1. The SMILES string of the molecule is CN(C)C(=O)Cn1c(-c2cnco2)c(C2CCCCC2)c2ccc(C(=O)O)cc21. The number of rotatable bonds is 5. The highest BCUT2D eigenvalue weighted by Crippen LogP contribution is 2.44. The second kappa shape index (κ2) is 7.73. The molecule has 7 nitrogen and oxygen atoms in total. The molecule has 0 radical (unpaired) electrons. The van der Waals surface area contributed by atoms with Crippen LogP contribution in [0.1, 0.15) is 53.9 Å². The molecule has 152 valence electrons. The first-order valence-electron chi connectivity index (χ1n) is 9.95. The lowest BCUT2D eigenvalue weighted by molar-refractivity contribution is -0.129. The molecule has 0 bridgehead atoms. The number of carboxylic acid groups (broad SMARTS) is 1. The number of oxazole rings is 1. The van der Waals surface area contributed by atoms with Crippen LogP contribution in [0, 0.1) is 0 Å². The van der Waals surface area contributed by atoms with Crippen molar-refractivity contribution in [3.8, 4) is 11.5 Å². The Morgan fingerprint density at radius 3 is 2.62 bits per heavy atom. The van der Waals surface area contributed by atoms with E-state index in [1.807, 2.05) is 10.6 Å². The Morgan fingerprint density at radius 2 is 2.00 bits per heavy atom. The van der Waals surface area contributed by atoms with Gasteiger partial charge < -0.3 is 19.0 Å². The molecule has 1 aliphatic carbocycles. The number of amides is 1. The lowest BCUT2D eigenvalue weighted by atomic mass is 9.82. The van der Waals surface area contributed by atoms with Gasteiger partial charge in [0.05, 0.1) is 23.0 Å². The number of hydrogen-bond donors (Lipinski definition) is 1. The number of aromatic nitrogens is 2. The Hall–Kier alpha value is -3.09. The van der Waals surface area contributed by atoms with E-state index in [1.54, 1.807) is 32.4 Å². The average Bonchev–Trinajstić information content (AvgIpc) is 3.34. The summed E-state index contributed by atoms with van der Waals surface area (Å²) in [6, 6.07) is 5.17. The van der Waals surface area contributed by atoms with Gasteiger partial charge in [0.2, 0.25) is 5.91 Å². The van der Waals surface area contributed by atoms with E-state index in [0.29, 0.717) is 11.7 Å². The molecule has 0 unspecified atom stereocenters. The molecule has 1 aliphatic rings. The topological polar surface area (TPSA) is 88.6 Å². The molecule has 1 saturated carbocycles. The number of carbonyl (C=O) groups excluding carboxylic acids is 1. The molecule has 2 heterocycles. The monoisotopic (exact) mass is 395 g/mol. The molecule has 2 aromatic heterocycles. The Balaban J connectivity index is 2.01. The third-order valence-electron chi connectivity index (χ3n) is 5.82. The van der Waals surface area contributed by atoms with Crippen LogP contribution >= 0.6 is 0 Å². The van der Waals surface area contributed by atoms with Gasteiger partial charge in [-0.2, -0.15) is 0 Å². The van der Waals surface area contributed by atoms with Crippen molar-refractivity contribution in [3.63, 3.8) is 0 Å². The summed E-state index contributed by atoms with van der Waals surface area (Å²) >= 11 is 0. The lowest BCUT2D eigenvalue weighted by Crippen LogP contribution is -2.26. The van der Waals surface area contributed by atoms with Gasteiger partial charge in [0.1, 0.15) is 6.54 Å². The van der Waals surface area contributed by atoms with E-state index < -0.39 is 5.97 Å². The van der Waals surface area contributed by atoms with Crippen molar-refractivity contribution < 1.29 is 19.1 Å². The molecule has 4 rings (SSSR count). The minimum absolute atomic E-state index is 0.0708. The summed E-state index contributed by atoms with van der Waals surface area (Å²) in [4.78, 5) is 29.8. The number of carbonyl (C=O) groups is 2. The third kappa shape index (κ3) is 3.52. The number of fused-ring (bicyclic) bond motifs is 1. The van der Waals surface area contributed by atoms with Crippen LogP contribution in [-0.4, -0.2) is 45.5 Å². The van der Waals surface area contributed by atoms with Crippen LogP contribution in [0.2, 0.25) is 0 Å². The van der Waals surface area contributed by atoms with Gasteiger partial charge in [-0.25, -0.2) is 9.78 Å². The number of hydrogen-bond acceptors (Lipinski definition) is 4. The molecule has 3 aromatic rings. The summed E-state index contributed by atoms with van der Waals surface area (Å²) in [5.74, 6) is -0.111. The molecule has 1 N–H and O–H groups in total.